The molecule has 0 aliphatic heterocycles. The van der Waals surface area contributed by atoms with Crippen molar-refractivity contribution < 1.29 is 0 Å². The number of aromatic amines is 1. The Morgan fingerprint density at radius 1 is 1.75 bits per heavy atom. The monoisotopic (exact) mass is 126 g/mol. The lowest BCUT2D eigenvalue weighted by atomic mass is 10.4. The Morgan fingerprint density at radius 2 is 2.50 bits per heavy atom. The van der Waals surface area contributed by atoms with Crippen molar-refractivity contribution in [2.24, 2.45) is 0 Å². The summed E-state index contributed by atoms with van der Waals surface area (Å²) in [5.41, 5.74) is 1.06. The van der Waals surface area contributed by atoms with Gasteiger partial charge in [0.2, 0.25) is 0 Å². The summed E-state index contributed by atoms with van der Waals surface area (Å²) in [7, 11) is 0. The van der Waals surface area contributed by atoms with Gasteiger partial charge in [0.1, 0.15) is 0 Å². The first-order valence-corrected chi connectivity index (χ1v) is 2.71. The van der Waals surface area contributed by atoms with E-state index in [1.54, 1.807) is 12.4 Å². The molecule has 0 radical (unpaired) electrons. The number of rotatable bonds is 0. The Balaban J connectivity index is 3.35. The normalized spacial score (nSPS) is 9.12. The van der Waals surface area contributed by atoms with Crippen molar-refractivity contribution >= 4 is 12.2 Å². The molecule has 0 bridgehead atoms. The fourth-order valence-corrected chi connectivity index (χ4v) is 0.515. The third-order valence-corrected chi connectivity index (χ3v) is 1.35. The summed E-state index contributed by atoms with van der Waals surface area (Å²) < 4.78 is 0.809. The Hall–Kier alpha value is -0.700. The van der Waals surface area contributed by atoms with Crippen molar-refractivity contribution in [3.05, 3.63) is 22.5 Å². The molecule has 0 atom stereocenters. The van der Waals surface area contributed by atoms with Crippen LogP contribution in [0.3, 0.4) is 0 Å². The van der Waals surface area contributed by atoms with Crippen LogP contribution in [0.25, 0.3) is 0 Å². The average molecular weight is 126 g/mol. The van der Waals surface area contributed by atoms with Crippen LogP contribution in [0.4, 0.5) is 0 Å². The Morgan fingerprint density at radius 3 is 2.88 bits per heavy atom. The van der Waals surface area contributed by atoms with E-state index in [0.29, 0.717) is 0 Å². The highest BCUT2D eigenvalue weighted by molar-refractivity contribution is 7.71. The van der Waals surface area contributed by atoms with Crippen LogP contribution in [0, 0.1) is 11.4 Å². The molecule has 3 heteroatoms. The molecule has 1 rings (SSSR count). The molecule has 1 heterocycles. The summed E-state index contributed by atoms with van der Waals surface area (Å²) in [4.78, 5) is 0. The van der Waals surface area contributed by atoms with Gasteiger partial charge in [0.25, 0.3) is 0 Å². The fraction of sp³-hybridized carbons (Fsp3) is 0.200. The topological polar surface area (TPSA) is 28.7 Å². The molecule has 0 aromatic carbocycles. The van der Waals surface area contributed by atoms with Crippen LogP contribution in [0.2, 0.25) is 0 Å². The molecular formula is C5H6N2S. The second-order valence-electron chi connectivity index (χ2n) is 1.58. The van der Waals surface area contributed by atoms with Crippen LogP contribution in [0.1, 0.15) is 5.56 Å². The van der Waals surface area contributed by atoms with Crippen molar-refractivity contribution in [2.75, 3.05) is 0 Å². The number of H-pyrrole nitrogens is 1. The van der Waals surface area contributed by atoms with E-state index in [0.717, 1.165) is 10.1 Å². The van der Waals surface area contributed by atoms with Crippen LogP contribution in [-0.2, 0) is 0 Å². The molecule has 0 unspecified atom stereocenters. The SMILES string of the molecule is Cc1c[nH]ncc1=S. The smallest absolute Gasteiger partial charge is 0.0656 e. The van der Waals surface area contributed by atoms with Gasteiger partial charge in [-0.15, -0.1) is 0 Å². The van der Waals surface area contributed by atoms with E-state index in [-0.39, 0.29) is 0 Å². The standard InChI is InChI=1S/C5H6N2S/c1-4-2-6-7-3-5(4)8/h2-3H,1H3,(H,6,8). The molecular weight excluding hydrogens is 120 g/mol. The minimum absolute atomic E-state index is 0.809. The molecule has 0 fully saturated rings. The highest BCUT2D eigenvalue weighted by Crippen LogP contribution is 1.92. The van der Waals surface area contributed by atoms with Gasteiger partial charge in [-0.05, 0) is 12.5 Å². The number of nitrogens with one attached hydrogen (secondary N) is 1. The highest BCUT2D eigenvalue weighted by Gasteiger charge is 1.81. The minimum Gasteiger partial charge on any atom is -0.285 e. The van der Waals surface area contributed by atoms with Gasteiger partial charge in [0.15, 0.2) is 0 Å². The highest BCUT2D eigenvalue weighted by atomic mass is 32.1. The van der Waals surface area contributed by atoms with E-state index in [1.807, 2.05) is 6.92 Å². The maximum Gasteiger partial charge on any atom is 0.0656 e. The average Bonchev–Trinajstić information content (AvgIpc) is 1.77. The van der Waals surface area contributed by atoms with Crippen LogP contribution < -0.4 is 0 Å². The predicted octanol–water partition coefficient (Wildman–Crippen LogP) is 1.45. The van der Waals surface area contributed by atoms with Gasteiger partial charge >= 0.3 is 0 Å². The molecule has 1 N–H and O–H groups in total. The van der Waals surface area contributed by atoms with Crippen LogP contribution in [0.5, 0.6) is 0 Å². The number of aryl methyl sites for hydroxylation is 1. The quantitative estimate of drug-likeness (QED) is 0.533. The number of hydrogen-bond acceptors (Lipinski definition) is 2. The molecule has 8 heavy (non-hydrogen) atoms. The molecule has 0 amide bonds. The first-order valence-electron chi connectivity index (χ1n) is 2.30. The first kappa shape index (κ1) is 5.44. The molecule has 0 aliphatic carbocycles. The third kappa shape index (κ3) is 0.924. The van der Waals surface area contributed by atoms with Crippen LogP contribution >= 0.6 is 12.2 Å². The zero-order chi connectivity index (χ0) is 5.98. The summed E-state index contributed by atoms with van der Waals surface area (Å²) >= 11 is 4.87. The lowest BCUT2D eigenvalue weighted by Crippen LogP contribution is -1.80. The van der Waals surface area contributed by atoms with Gasteiger partial charge in [-0.25, -0.2) is 0 Å². The minimum atomic E-state index is 0.809. The second kappa shape index (κ2) is 2.05. The molecule has 0 saturated heterocycles. The second-order valence-corrected chi connectivity index (χ2v) is 2.02. The molecule has 1 aromatic heterocycles. The predicted molar refractivity (Wildman–Crippen MR) is 34.2 cm³/mol. The summed E-state index contributed by atoms with van der Waals surface area (Å²) in [6.45, 7) is 1.94. The van der Waals surface area contributed by atoms with E-state index < -0.39 is 0 Å². The number of hydrogen-bond donors (Lipinski definition) is 1. The van der Waals surface area contributed by atoms with Gasteiger partial charge in [-0.2, -0.15) is 5.10 Å². The van der Waals surface area contributed by atoms with Gasteiger partial charge in [-0.3, -0.25) is 5.10 Å². The molecule has 42 valence electrons. The Labute approximate surface area is 52.6 Å². The maximum atomic E-state index is 4.87. The molecule has 2 nitrogen and oxygen atoms in total. The zero-order valence-electron chi connectivity index (χ0n) is 4.51. The summed E-state index contributed by atoms with van der Waals surface area (Å²) in [5, 5.41) is 6.40. The molecule has 0 saturated carbocycles. The van der Waals surface area contributed by atoms with E-state index in [1.165, 1.54) is 0 Å². The number of aromatic nitrogens is 2. The van der Waals surface area contributed by atoms with Crippen molar-refractivity contribution in [1.29, 1.82) is 0 Å². The molecule has 0 spiro atoms. The largest absolute Gasteiger partial charge is 0.285 e. The van der Waals surface area contributed by atoms with Gasteiger partial charge in [0, 0.05) is 6.20 Å². The van der Waals surface area contributed by atoms with E-state index in [4.69, 9.17) is 12.2 Å². The Bertz CT molecular complexity index is 228. The van der Waals surface area contributed by atoms with E-state index in [2.05, 4.69) is 10.2 Å². The lowest BCUT2D eigenvalue weighted by molar-refractivity contribution is 1.01. The zero-order valence-corrected chi connectivity index (χ0v) is 5.33. The van der Waals surface area contributed by atoms with Gasteiger partial charge in [0.05, 0.1) is 10.7 Å². The van der Waals surface area contributed by atoms with Crippen molar-refractivity contribution in [2.45, 2.75) is 6.92 Å². The lowest BCUT2D eigenvalue weighted by Gasteiger charge is -1.85. The Kier molecular flexibility index (Phi) is 1.39. The number of nitrogens with zero attached hydrogens (tertiary/aromatic N) is 1. The van der Waals surface area contributed by atoms with Crippen molar-refractivity contribution in [3.8, 4) is 0 Å². The van der Waals surface area contributed by atoms with Crippen LogP contribution in [0.15, 0.2) is 12.4 Å². The van der Waals surface area contributed by atoms with Gasteiger partial charge in [-0.1, -0.05) is 12.2 Å². The summed E-state index contributed by atoms with van der Waals surface area (Å²) in [6, 6.07) is 0. The fourth-order valence-electron chi connectivity index (χ4n) is 0.403. The summed E-state index contributed by atoms with van der Waals surface area (Å²) in [5.74, 6) is 0. The van der Waals surface area contributed by atoms with Gasteiger partial charge < -0.3 is 0 Å². The maximum absolute atomic E-state index is 4.87. The molecule has 1 aromatic rings. The molecule has 0 aliphatic rings. The van der Waals surface area contributed by atoms with Crippen molar-refractivity contribution in [1.82, 2.24) is 10.2 Å². The van der Waals surface area contributed by atoms with Crippen LogP contribution in [-0.4, -0.2) is 10.2 Å². The third-order valence-electron chi connectivity index (χ3n) is 0.926. The van der Waals surface area contributed by atoms with E-state index >= 15 is 0 Å². The first-order chi connectivity index (χ1) is 3.80. The van der Waals surface area contributed by atoms with Crippen molar-refractivity contribution in [3.63, 3.8) is 0 Å². The van der Waals surface area contributed by atoms with E-state index in [9.17, 15) is 0 Å². The summed E-state index contributed by atoms with van der Waals surface area (Å²) in [6.07, 6.45) is 3.41.